The van der Waals surface area contributed by atoms with Gasteiger partial charge in [-0.25, -0.2) is 4.68 Å². The van der Waals surface area contributed by atoms with Crippen LogP contribution in [0.5, 0.6) is 0 Å². The second-order valence-electron chi connectivity index (χ2n) is 11.9. The van der Waals surface area contributed by atoms with Crippen LogP contribution in [0.1, 0.15) is 50.1 Å². The van der Waals surface area contributed by atoms with Gasteiger partial charge in [0.2, 0.25) is 11.8 Å². The molecule has 0 bridgehead atoms. The number of hydrogen-bond acceptors (Lipinski definition) is 8. The molecule has 40 heavy (non-hydrogen) atoms. The van der Waals surface area contributed by atoms with Crippen LogP contribution in [0.25, 0.3) is 11.3 Å². The summed E-state index contributed by atoms with van der Waals surface area (Å²) in [4.78, 5) is 42.2. The lowest BCUT2D eigenvalue weighted by atomic mass is 9.96. The summed E-state index contributed by atoms with van der Waals surface area (Å²) in [5.41, 5.74) is 3.83. The van der Waals surface area contributed by atoms with Gasteiger partial charge in [0, 0.05) is 67.2 Å². The Morgan fingerprint density at radius 1 is 1.10 bits per heavy atom. The maximum atomic E-state index is 12.7. The molecule has 4 heterocycles. The summed E-state index contributed by atoms with van der Waals surface area (Å²) in [6.07, 6.45) is 2.64. The average Bonchev–Trinajstić information content (AvgIpc) is 3.55. The van der Waals surface area contributed by atoms with Gasteiger partial charge in [0.15, 0.2) is 0 Å². The number of carbonyl (C=O) groups excluding carboxylic acids is 3. The Balaban J connectivity index is 1.09. The molecule has 11 heteroatoms. The van der Waals surface area contributed by atoms with Crippen molar-refractivity contribution in [3.63, 3.8) is 0 Å². The van der Waals surface area contributed by atoms with Gasteiger partial charge in [-0.2, -0.15) is 0 Å². The molecule has 1 atom stereocenters. The van der Waals surface area contributed by atoms with E-state index in [-0.39, 0.29) is 30.6 Å². The number of piperazine rings is 1. The Bertz CT molecular complexity index is 1350. The van der Waals surface area contributed by atoms with Crippen LogP contribution >= 0.6 is 11.3 Å². The predicted molar refractivity (Wildman–Crippen MR) is 155 cm³/mol. The lowest BCUT2D eigenvalue weighted by Gasteiger charge is -2.37. The number of nitrogens with one attached hydrogen (secondary N) is 2. The van der Waals surface area contributed by atoms with Crippen molar-refractivity contribution in [1.29, 1.82) is 0 Å². The third-order valence-corrected chi connectivity index (χ3v) is 8.07. The molecule has 1 aromatic carbocycles. The van der Waals surface area contributed by atoms with Gasteiger partial charge in [-0.15, -0.1) is 16.4 Å². The van der Waals surface area contributed by atoms with Crippen LogP contribution in [0.15, 0.2) is 41.9 Å². The lowest BCUT2D eigenvalue weighted by Crippen LogP contribution is -2.48. The topological polar surface area (TPSA) is 112 Å². The summed E-state index contributed by atoms with van der Waals surface area (Å²) < 4.78 is 1.50. The number of aromatic nitrogens is 3. The molecule has 2 aliphatic heterocycles. The number of piperidine rings is 1. The SMILES string of the molecule is CC(C)(C)CN1CCN(Cc2ccc(NC(=O)Cc3cc(-c4cn(C5CCC(=O)NC5=O)nn4)cs3)cc2)CC1. The highest BCUT2D eigenvalue weighted by Gasteiger charge is 2.29. The maximum absolute atomic E-state index is 12.7. The number of benzene rings is 1. The van der Waals surface area contributed by atoms with Gasteiger partial charge in [-0.3, -0.25) is 24.6 Å². The Morgan fingerprint density at radius 3 is 2.52 bits per heavy atom. The van der Waals surface area contributed by atoms with Crippen molar-refractivity contribution in [2.75, 3.05) is 38.0 Å². The third-order valence-electron chi connectivity index (χ3n) is 7.13. The molecular formula is C29H37N7O3S. The molecule has 2 N–H and O–H groups in total. The van der Waals surface area contributed by atoms with Crippen LogP contribution in [0.2, 0.25) is 0 Å². The second kappa shape index (κ2) is 12.0. The second-order valence-corrected chi connectivity index (χ2v) is 12.9. The van der Waals surface area contributed by atoms with Crippen LogP contribution in [-0.4, -0.2) is 75.2 Å². The van der Waals surface area contributed by atoms with Crippen molar-refractivity contribution in [3.05, 3.63) is 52.3 Å². The summed E-state index contributed by atoms with van der Waals surface area (Å²) in [7, 11) is 0. The summed E-state index contributed by atoms with van der Waals surface area (Å²) in [6.45, 7) is 13.3. The van der Waals surface area contributed by atoms with Crippen molar-refractivity contribution >= 4 is 34.7 Å². The molecule has 0 spiro atoms. The molecule has 0 saturated carbocycles. The van der Waals surface area contributed by atoms with E-state index in [1.165, 1.54) is 21.6 Å². The van der Waals surface area contributed by atoms with Crippen LogP contribution in [0.4, 0.5) is 5.69 Å². The molecule has 0 radical (unpaired) electrons. The van der Waals surface area contributed by atoms with E-state index in [1.54, 1.807) is 6.20 Å². The molecule has 0 aliphatic carbocycles. The fourth-order valence-corrected chi connectivity index (χ4v) is 6.07. The molecule has 2 saturated heterocycles. The van der Waals surface area contributed by atoms with Crippen LogP contribution in [0, 0.1) is 5.41 Å². The predicted octanol–water partition coefficient (Wildman–Crippen LogP) is 3.33. The first-order valence-corrected chi connectivity index (χ1v) is 14.7. The Kier molecular flexibility index (Phi) is 8.43. The lowest BCUT2D eigenvalue weighted by molar-refractivity contribution is -0.136. The molecule has 3 aromatic rings. The fourth-order valence-electron chi connectivity index (χ4n) is 5.19. The van der Waals surface area contributed by atoms with Crippen molar-refractivity contribution in [2.24, 2.45) is 5.41 Å². The fraction of sp³-hybridized carbons (Fsp3) is 0.483. The van der Waals surface area contributed by atoms with Gasteiger partial charge in [0.25, 0.3) is 5.91 Å². The summed E-state index contributed by atoms with van der Waals surface area (Å²) in [5.74, 6) is -0.708. The number of anilines is 1. The van der Waals surface area contributed by atoms with E-state index >= 15 is 0 Å². The number of nitrogens with zero attached hydrogens (tertiary/aromatic N) is 5. The normalized spacial score (nSPS) is 19.0. The van der Waals surface area contributed by atoms with Crippen LogP contribution < -0.4 is 10.6 Å². The van der Waals surface area contributed by atoms with Gasteiger partial charge in [-0.05, 0) is 35.6 Å². The monoisotopic (exact) mass is 563 g/mol. The van der Waals surface area contributed by atoms with Gasteiger partial charge in [0.05, 0.1) is 12.6 Å². The molecule has 10 nitrogen and oxygen atoms in total. The molecule has 2 aromatic heterocycles. The highest BCUT2D eigenvalue weighted by Crippen LogP contribution is 2.26. The summed E-state index contributed by atoms with van der Waals surface area (Å²) in [5, 5.41) is 15.5. The number of thiophene rings is 1. The first-order chi connectivity index (χ1) is 19.1. The van der Waals surface area contributed by atoms with E-state index in [2.05, 4.69) is 63.6 Å². The van der Waals surface area contributed by atoms with Crippen molar-refractivity contribution in [2.45, 2.75) is 52.6 Å². The minimum atomic E-state index is -0.544. The smallest absolute Gasteiger partial charge is 0.251 e. The van der Waals surface area contributed by atoms with E-state index in [9.17, 15) is 14.4 Å². The molecule has 2 aliphatic rings. The van der Waals surface area contributed by atoms with E-state index in [0.717, 1.165) is 55.4 Å². The van der Waals surface area contributed by atoms with Gasteiger partial charge in [-0.1, -0.05) is 38.1 Å². The third kappa shape index (κ3) is 7.41. The van der Waals surface area contributed by atoms with Gasteiger partial charge in [0.1, 0.15) is 11.7 Å². The zero-order valence-corrected chi connectivity index (χ0v) is 24.2. The zero-order valence-electron chi connectivity index (χ0n) is 23.4. The number of amides is 3. The number of imide groups is 1. The molecule has 2 fully saturated rings. The van der Waals surface area contributed by atoms with E-state index in [0.29, 0.717) is 17.5 Å². The van der Waals surface area contributed by atoms with Crippen LogP contribution in [0.3, 0.4) is 0 Å². The largest absolute Gasteiger partial charge is 0.326 e. The Hall–Kier alpha value is -3.41. The number of rotatable bonds is 8. The quantitative estimate of drug-likeness (QED) is 0.405. The van der Waals surface area contributed by atoms with Crippen molar-refractivity contribution in [3.8, 4) is 11.3 Å². The zero-order chi connectivity index (χ0) is 28.3. The highest BCUT2D eigenvalue weighted by molar-refractivity contribution is 7.10. The van der Waals surface area contributed by atoms with Crippen LogP contribution in [-0.2, 0) is 27.3 Å². The Labute approximate surface area is 238 Å². The molecule has 1 unspecified atom stereocenters. The highest BCUT2D eigenvalue weighted by atomic mass is 32.1. The Morgan fingerprint density at radius 2 is 1.82 bits per heavy atom. The number of carbonyl (C=O) groups is 3. The molecular weight excluding hydrogens is 526 g/mol. The van der Waals surface area contributed by atoms with Crippen molar-refractivity contribution < 1.29 is 14.4 Å². The first-order valence-electron chi connectivity index (χ1n) is 13.8. The molecule has 3 amide bonds. The van der Waals surface area contributed by atoms with E-state index < -0.39 is 6.04 Å². The standard InChI is InChI=1S/C29H37N7O3S/c1-29(2,3)19-35-12-10-34(11-13-35)16-20-4-6-22(7-5-20)30-27(38)15-23-14-21(18-40-23)24-17-36(33-32-24)25-8-9-26(37)31-28(25)39/h4-7,14,17-18,25H,8-13,15-16,19H2,1-3H3,(H,30,38)(H,31,37,39). The summed E-state index contributed by atoms with van der Waals surface area (Å²) in [6, 6.07) is 9.50. The van der Waals surface area contributed by atoms with Crippen molar-refractivity contribution in [1.82, 2.24) is 30.1 Å². The van der Waals surface area contributed by atoms with Gasteiger partial charge >= 0.3 is 0 Å². The minimum absolute atomic E-state index is 0.0803. The van der Waals surface area contributed by atoms with E-state index in [1.807, 2.05) is 23.6 Å². The molecule has 5 rings (SSSR count). The summed E-state index contributed by atoms with van der Waals surface area (Å²) >= 11 is 1.48. The number of hydrogen-bond donors (Lipinski definition) is 2. The molecule has 212 valence electrons. The van der Waals surface area contributed by atoms with Gasteiger partial charge < -0.3 is 10.2 Å². The first kappa shape index (κ1) is 28.1. The minimum Gasteiger partial charge on any atom is -0.326 e. The van der Waals surface area contributed by atoms with E-state index in [4.69, 9.17) is 0 Å². The average molecular weight is 564 g/mol. The maximum Gasteiger partial charge on any atom is 0.251 e.